The summed E-state index contributed by atoms with van der Waals surface area (Å²) in [4.78, 5) is 0. The molecule has 12 heavy (non-hydrogen) atoms. The van der Waals surface area contributed by atoms with Crippen molar-refractivity contribution in [3.05, 3.63) is 48.4 Å². The molecule has 1 heterocycles. The average molecular weight is 155 g/mol. The predicted molar refractivity (Wildman–Crippen MR) is 55.0 cm³/mol. The van der Waals surface area contributed by atoms with Crippen LogP contribution in [-0.2, 0) is 0 Å². The predicted octanol–water partition coefficient (Wildman–Crippen LogP) is 2.38. The van der Waals surface area contributed by atoms with Gasteiger partial charge in [-0.3, -0.25) is 0 Å². The van der Waals surface area contributed by atoms with E-state index in [2.05, 4.69) is 36.0 Å². The van der Waals surface area contributed by atoms with E-state index < -0.39 is 0 Å². The number of nitrogens with one attached hydrogen (secondary N) is 1. The summed E-state index contributed by atoms with van der Waals surface area (Å²) in [6.07, 6.45) is 2.12. The third-order valence-electron chi connectivity index (χ3n) is 2.02. The van der Waals surface area contributed by atoms with Crippen LogP contribution in [0.4, 0.5) is 5.69 Å². The summed E-state index contributed by atoms with van der Waals surface area (Å²) >= 11 is 0. The number of para-hydroxylation sites is 1. The molecule has 1 aromatic rings. The Kier molecular flexibility index (Phi) is 1.74. The number of anilines is 1. The lowest BCUT2D eigenvalue weighted by Gasteiger charge is -2.16. The minimum atomic E-state index is 0.278. The first-order valence-electron chi connectivity index (χ1n) is 4.06. The Hall–Kier alpha value is -1.44. The van der Waals surface area contributed by atoms with Gasteiger partial charge in [0.05, 0.1) is 0 Å². The topological polar surface area (TPSA) is 12.0 Å². The summed E-state index contributed by atoms with van der Waals surface area (Å²) in [6.45, 7) is 4.02. The van der Waals surface area contributed by atoms with E-state index in [-0.39, 0.29) is 6.85 Å². The normalized spacial score (nSPS) is 13.5. The molecule has 0 saturated heterocycles. The highest BCUT2D eigenvalue weighted by molar-refractivity contribution is 6.73. The largest absolute Gasteiger partial charge is 0.420 e. The number of hydrogen-bond acceptors (Lipinski definition) is 1. The van der Waals surface area contributed by atoms with Gasteiger partial charge in [0.15, 0.2) is 0 Å². The number of rotatable bonds is 1. The molecular weight excluding hydrogens is 145 g/mol. The van der Waals surface area contributed by atoms with Gasteiger partial charge in [-0.05, 0) is 11.6 Å². The summed E-state index contributed by atoms with van der Waals surface area (Å²) in [5, 5.41) is 3.34. The highest BCUT2D eigenvalue weighted by Crippen LogP contribution is 2.20. The first kappa shape index (κ1) is 7.23. The summed E-state index contributed by atoms with van der Waals surface area (Å²) in [6, 6.07) is 8.25. The first-order chi connectivity index (χ1) is 5.90. The lowest BCUT2D eigenvalue weighted by Crippen LogP contribution is -2.22. The molecule has 2 rings (SSSR count). The number of hydrogen-bond donors (Lipinski definition) is 1. The quantitative estimate of drug-likeness (QED) is 0.614. The van der Waals surface area contributed by atoms with Crippen molar-refractivity contribution >= 4 is 18.6 Å². The molecule has 0 amide bonds. The van der Waals surface area contributed by atoms with Crippen molar-refractivity contribution in [1.29, 1.82) is 0 Å². The summed E-state index contributed by atoms with van der Waals surface area (Å²) < 4.78 is 0. The molecule has 1 aliphatic rings. The van der Waals surface area contributed by atoms with E-state index in [0.717, 1.165) is 0 Å². The molecule has 0 radical (unpaired) electrons. The lowest BCUT2D eigenvalue weighted by atomic mass is 9.60. The van der Waals surface area contributed by atoms with Crippen molar-refractivity contribution in [3.63, 3.8) is 0 Å². The van der Waals surface area contributed by atoms with Gasteiger partial charge in [0.1, 0.15) is 0 Å². The zero-order valence-corrected chi connectivity index (χ0v) is 6.83. The van der Waals surface area contributed by atoms with Crippen molar-refractivity contribution in [2.75, 3.05) is 5.23 Å². The molecule has 1 aromatic carbocycles. The van der Waals surface area contributed by atoms with Gasteiger partial charge in [0.25, 0.3) is 0 Å². The fourth-order valence-corrected chi connectivity index (χ4v) is 1.35. The third kappa shape index (κ3) is 1.16. The van der Waals surface area contributed by atoms with Crippen LogP contribution in [0.25, 0.3) is 6.08 Å². The molecule has 0 bridgehead atoms. The number of benzene rings is 1. The van der Waals surface area contributed by atoms with Crippen LogP contribution in [0.15, 0.2) is 42.8 Å². The minimum Gasteiger partial charge on any atom is -0.420 e. The van der Waals surface area contributed by atoms with Gasteiger partial charge < -0.3 is 5.23 Å². The smallest absolute Gasteiger partial charge is 0.305 e. The number of fused-ring (bicyclic) bond motifs is 1. The zero-order valence-electron chi connectivity index (χ0n) is 6.83. The molecule has 0 saturated carbocycles. The molecule has 0 fully saturated rings. The Labute approximate surface area is 72.9 Å². The maximum atomic E-state index is 3.74. The van der Waals surface area contributed by atoms with E-state index >= 15 is 0 Å². The van der Waals surface area contributed by atoms with Gasteiger partial charge in [-0.2, -0.15) is 0 Å². The second-order valence-corrected chi connectivity index (χ2v) is 2.85. The van der Waals surface area contributed by atoms with Crippen molar-refractivity contribution in [2.24, 2.45) is 0 Å². The molecule has 58 valence electrons. The Morgan fingerprint density at radius 1 is 1.33 bits per heavy atom. The monoisotopic (exact) mass is 155 g/mol. The van der Waals surface area contributed by atoms with Crippen LogP contribution in [0.2, 0.25) is 0 Å². The second-order valence-electron chi connectivity index (χ2n) is 2.85. The molecule has 0 aliphatic carbocycles. The Morgan fingerprint density at radius 3 is 3.00 bits per heavy atom. The Balaban J connectivity index is 2.39. The van der Waals surface area contributed by atoms with E-state index in [9.17, 15) is 0 Å². The SMILES string of the molecule is C=CB1C=Cc2ccccc2N1. The highest BCUT2D eigenvalue weighted by atomic mass is 14.8. The summed E-state index contributed by atoms with van der Waals surface area (Å²) in [7, 11) is 0. The maximum Gasteiger partial charge on any atom is 0.305 e. The van der Waals surface area contributed by atoms with E-state index in [4.69, 9.17) is 0 Å². The molecule has 2 heteroatoms. The van der Waals surface area contributed by atoms with Crippen LogP contribution in [0.3, 0.4) is 0 Å². The van der Waals surface area contributed by atoms with Gasteiger partial charge in [-0.25, -0.2) is 0 Å². The summed E-state index contributed by atoms with van der Waals surface area (Å²) in [5.41, 5.74) is 2.43. The van der Waals surface area contributed by atoms with E-state index in [1.54, 1.807) is 0 Å². The average Bonchev–Trinajstić information content (AvgIpc) is 2.17. The maximum absolute atomic E-state index is 3.74. The van der Waals surface area contributed by atoms with Crippen LogP contribution in [0, 0.1) is 0 Å². The van der Waals surface area contributed by atoms with E-state index in [1.807, 2.05) is 18.1 Å². The molecule has 0 spiro atoms. The van der Waals surface area contributed by atoms with Crippen LogP contribution in [-0.4, -0.2) is 6.85 Å². The third-order valence-corrected chi connectivity index (χ3v) is 2.02. The van der Waals surface area contributed by atoms with Crippen LogP contribution < -0.4 is 5.23 Å². The molecule has 1 nitrogen and oxygen atoms in total. The van der Waals surface area contributed by atoms with Gasteiger partial charge >= 0.3 is 6.85 Å². The summed E-state index contributed by atoms with van der Waals surface area (Å²) in [5.74, 6) is 4.00. The Morgan fingerprint density at radius 2 is 2.17 bits per heavy atom. The zero-order chi connectivity index (χ0) is 8.39. The lowest BCUT2D eigenvalue weighted by molar-refractivity contribution is 1.60. The van der Waals surface area contributed by atoms with Crippen molar-refractivity contribution < 1.29 is 0 Å². The molecular formula is C10H10BN. The Bertz CT molecular complexity index is 330. The standard InChI is InChI=1S/C10H10BN/c1-2-11-8-7-9-5-3-4-6-10(9)12-11/h2-8,12H,1H2. The van der Waals surface area contributed by atoms with Crippen LogP contribution in [0.1, 0.15) is 5.56 Å². The molecule has 1 N–H and O–H groups in total. The highest BCUT2D eigenvalue weighted by Gasteiger charge is 2.11. The molecule has 0 atom stereocenters. The van der Waals surface area contributed by atoms with E-state index in [1.165, 1.54) is 11.3 Å². The fourth-order valence-electron chi connectivity index (χ4n) is 1.35. The molecule has 1 aliphatic heterocycles. The fraction of sp³-hybridized carbons (Fsp3) is 0. The van der Waals surface area contributed by atoms with Crippen molar-refractivity contribution in [1.82, 2.24) is 0 Å². The van der Waals surface area contributed by atoms with Gasteiger partial charge in [-0.1, -0.05) is 36.2 Å². The minimum absolute atomic E-state index is 0.278. The van der Waals surface area contributed by atoms with Gasteiger partial charge in [0.2, 0.25) is 0 Å². The van der Waals surface area contributed by atoms with Crippen molar-refractivity contribution in [2.45, 2.75) is 0 Å². The van der Waals surface area contributed by atoms with Crippen LogP contribution >= 0.6 is 0 Å². The van der Waals surface area contributed by atoms with Crippen LogP contribution in [0.5, 0.6) is 0 Å². The van der Waals surface area contributed by atoms with Crippen molar-refractivity contribution in [3.8, 4) is 0 Å². The molecule has 0 unspecified atom stereocenters. The van der Waals surface area contributed by atoms with E-state index in [0.29, 0.717) is 0 Å². The van der Waals surface area contributed by atoms with Gasteiger partial charge in [-0.15, -0.1) is 6.58 Å². The molecule has 0 aromatic heterocycles. The van der Waals surface area contributed by atoms with Gasteiger partial charge in [0, 0.05) is 5.69 Å². The second kappa shape index (κ2) is 2.90. The first-order valence-corrected chi connectivity index (χ1v) is 4.06.